The van der Waals surface area contributed by atoms with Crippen LogP contribution in [0.4, 0.5) is 11.4 Å². The summed E-state index contributed by atoms with van der Waals surface area (Å²) < 4.78 is 5.09. The number of amides is 2. The van der Waals surface area contributed by atoms with Gasteiger partial charge >= 0.3 is 5.97 Å². The molecule has 0 aliphatic carbocycles. The first kappa shape index (κ1) is 20.2. The number of hydrogen-bond acceptors (Lipinski definition) is 4. The molecule has 2 aromatic carbocycles. The highest BCUT2D eigenvalue weighted by atomic mass is 16.5. The van der Waals surface area contributed by atoms with Crippen LogP contribution in [0.5, 0.6) is 0 Å². The van der Waals surface area contributed by atoms with Gasteiger partial charge in [0.25, 0.3) is 5.91 Å². The van der Waals surface area contributed by atoms with Crippen LogP contribution in [0.2, 0.25) is 0 Å². The molecule has 0 bridgehead atoms. The van der Waals surface area contributed by atoms with Crippen molar-refractivity contribution >= 4 is 29.2 Å². The molecule has 0 heterocycles. The van der Waals surface area contributed by atoms with Gasteiger partial charge in [-0.1, -0.05) is 38.1 Å². The maximum atomic E-state index is 12.2. The van der Waals surface area contributed by atoms with E-state index in [0.29, 0.717) is 11.6 Å². The van der Waals surface area contributed by atoms with Crippen molar-refractivity contribution in [2.45, 2.75) is 33.1 Å². The van der Waals surface area contributed by atoms with Crippen LogP contribution >= 0.6 is 0 Å². The number of carbonyl (C=O) groups is 3. The summed E-state index contributed by atoms with van der Waals surface area (Å²) in [6, 6.07) is 13.9. The summed E-state index contributed by atoms with van der Waals surface area (Å²) in [6.07, 6.45) is 0.951. The van der Waals surface area contributed by atoms with Crippen LogP contribution in [-0.4, -0.2) is 24.4 Å². The number of ether oxygens (including phenoxy) is 1. The Morgan fingerprint density at radius 3 is 2.48 bits per heavy atom. The van der Waals surface area contributed by atoms with Crippen molar-refractivity contribution in [3.05, 3.63) is 59.7 Å². The molecule has 2 aromatic rings. The molecule has 0 spiro atoms. The van der Waals surface area contributed by atoms with Crippen LogP contribution in [0.15, 0.2) is 48.5 Å². The Morgan fingerprint density at radius 1 is 1.04 bits per heavy atom. The second-order valence-electron chi connectivity index (χ2n) is 6.28. The van der Waals surface area contributed by atoms with E-state index >= 15 is 0 Å². The lowest BCUT2D eigenvalue weighted by Crippen LogP contribution is -2.21. The van der Waals surface area contributed by atoms with E-state index in [0.717, 1.165) is 17.7 Å². The minimum atomic E-state index is -0.632. The van der Waals surface area contributed by atoms with Crippen molar-refractivity contribution in [1.29, 1.82) is 0 Å². The number of rotatable bonds is 7. The topological polar surface area (TPSA) is 84.5 Å². The maximum Gasteiger partial charge on any atom is 0.338 e. The summed E-state index contributed by atoms with van der Waals surface area (Å²) in [5.41, 5.74) is 2.51. The fraction of sp³-hybridized carbons (Fsp3) is 0.286. The predicted octanol–water partition coefficient (Wildman–Crippen LogP) is 3.95. The Morgan fingerprint density at radius 2 is 1.78 bits per heavy atom. The van der Waals surface area contributed by atoms with E-state index in [9.17, 15) is 14.4 Å². The third-order valence-electron chi connectivity index (χ3n) is 4.13. The lowest BCUT2D eigenvalue weighted by atomic mass is 9.97. The Kier molecular flexibility index (Phi) is 7.11. The normalized spacial score (nSPS) is 11.4. The number of anilines is 2. The molecule has 0 saturated heterocycles. The number of para-hydroxylation sites is 1. The van der Waals surface area contributed by atoms with Gasteiger partial charge in [-0.05, 0) is 42.2 Å². The molecule has 2 amide bonds. The fourth-order valence-corrected chi connectivity index (χ4v) is 2.59. The zero-order valence-electron chi connectivity index (χ0n) is 15.7. The van der Waals surface area contributed by atoms with Gasteiger partial charge in [0.1, 0.15) is 0 Å². The van der Waals surface area contributed by atoms with Crippen molar-refractivity contribution in [2.75, 3.05) is 17.2 Å². The number of esters is 1. The number of benzene rings is 2. The van der Waals surface area contributed by atoms with Crippen LogP contribution in [-0.2, 0) is 14.3 Å². The summed E-state index contributed by atoms with van der Waals surface area (Å²) in [5, 5.41) is 5.39. The Balaban J connectivity index is 1.96. The first-order valence-corrected chi connectivity index (χ1v) is 8.84. The molecule has 27 heavy (non-hydrogen) atoms. The standard InChI is InChI=1S/C21H24N2O4/c1-4-14(2)18-10-5-6-11-19(18)23-20(25)13-27-21(26)16-8-7-9-17(12-16)22-15(3)24/h5-12,14H,4,13H2,1-3H3,(H,22,24)(H,23,25)/t14-/m1/s1. The molecule has 0 unspecified atom stereocenters. The number of hydrogen-bond donors (Lipinski definition) is 2. The van der Waals surface area contributed by atoms with Crippen LogP contribution in [0.25, 0.3) is 0 Å². The highest BCUT2D eigenvalue weighted by molar-refractivity contribution is 5.97. The third kappa shape index (κ3) is 5.95. The molecule has 0 aliphatic rings. The summed E-state index contributed by atoms with van der Waals surface area (Å²) in [4.78, 5) is 35.4. The summed E-state index contributed by atoms with van der Waals surface area (Å²) in [7, 11) is 0. The van der Waals surface area contributed by atoms with E-state index in [1.165, 1.54) is 13.0 Å². The highest BCUT2D eigenvalue weighted by Crippen LogP contribution is 2.26. The van der Waals surface area contributed by atoms with Crippen molar-refractivity contribution < 1.29 is 19.1 Å². The average Bonchev–Trinajstić information content (AvgIpc) is 2.65. The lowest BCUT2D eigenvalue weighted by molar-refractivity contribution is -0.119. The van der Waals surface area contributed by atoms with Gasteiger partial charge in [-0.15, -0.1) is 0 Å². The smallest absolute Gasteiger partial charge is 0.338 e. The zero-order valence-corrected chi connectivity index (χ0v) is 15.7. The highest BCUT2D eigenvalue weighted by Gasteiger charge is 2.14. The molecule has 6 heteroatoms. The van der Waals surface area contributed by atoms with Crippen molar-refractivity contribution in [3.8, 4) is 0 Å². The van der Waals surface area contributed by atoms with Crippen LogP contribution in [0.3, 0.4) is 0 Å². The van der Waals surface area contributed by atoms with Gasteiger partial charge in [-0.25, -0.2) is 4.79 Å². The second kappa shape index (κ2) is 9.52. The maximum absolute atomic E-state index is 12.2. The van der Waals surface area contributed by atoms with Crippen LogP contribution in [0.1, 0.15) is 49.0 Å². The monoisotopic (exact) mass is 368 g/mol. The Bertz CT molecular complexity index is 832. The lowest BCUT2D eigenvalue weighted by Gasteiger charge is -2.15. The molecule has 2 rings (SSSR count). The fourth-order valence-electron chi connectivity index (χ4n) is 2.59. The molecule has 0 radical (unpaired) electrons. The molecule has 142 valence electrons. The second-order valence-corrected chi connectivity index (χ2v) is 6.28. The molecule has 6 nitrogen and oxygen atoms in total. The summed E-state index contributed by atoms with van der Waals surface area (Å²) >= 11 is 0. The minimum Gasteiger partial charge on any atom is -0.452 e. The summed E-state index contributed by atoms with van der Waals surface area (Å²) in [5.74, 6) is -0.967. The number of nitrogens with one attached hydrogen (secondary N) is 2. The summed E-state index contributed by atoms with van der Waals surface area (Å²) in [6.45, 7) is 5.16. The van der Waals surface area contributed by atoms with Gasteiger partial charge in [0.05, 0.1) is 5.56 Å². The van der Waals surface area contributed by atoms with E-state index in [1.54, 1.807) is 18.2 Å². The van der Waals surface area contributed by atoms with Gasteiger partial charge in [0, 0.05) is 18.3 Å². The first-order chi connectivity index (χ1) is 12.9. The average molecular weight is 368 g/mol. The van der Waals surface area contributed by atoms with Gasteiger partial charge in [-0.2, -0.15) is 0 Å². The van der Waals surface area contributed by atoms with E-state index in [2.05, 4.69) is 24.5 Å². The number of carbonyl (C=O) groups excluding carboxylic acids is 3. The third-order valence-corrected chi connectivity index (χ3v) is 4.13. The molecule has 0 fully saturated rings. The molecule has 0 aliphatic heterocycles. The molecular weight excluding hydrogens is 344 g/mol. The molecule has 0 aromatic heterocycles. The van der Waals surface area contributed by atoms with Gasteiger partial charge in [0.15, 0.2) is 6.61 Å². The van der Waals surface area contributed by atoms with Crippen molar-refractivity contribution in [2.24, 2.45) is 0 Å². The van der Waals surface area contributed by atoms with E-state index in [-0.39, 0.29) is 11.5 Å². The first-order valence-electron chi connectivity index (χ1n) is 8.84. The minimum absolute atomic E-state index is 0.236. The molecule has 1 atom stereocenters. The molecule has 2 N–H and O–H groups in total. The van der Waals surface area contributed by atoms with E-state index in [4.69, 9.17) is 4.74 Å². The van der Waals surface area contributed by atoms with Gasteiger partial charge in [0.2, 0.25) is 5.91 Å². The van der Waals surface area contributed by atoms with Gasteiger partial charge in [-0.3, -0.25) is 9.59 Å². The molecular formula is C21H24N2O4. The largest absolute Gasteiger partial charge is 0.452 e. The van der Waals surface area contributed by atoms with Gasteiger partial charge < -0.3 is 15.4 Å². The Hall–Kier alpha value is -3.15. The van der Waals surface area contributed by atoms with E-state index < -0.39 is 18.5 Å². The zero-order chi connectivity index (χ0) is 19.8. The van der Waals surface area contributed by atoms with Crippen LogP contribution < -0.4 is 10.6 Å². The Labute approximate surface area is 158 Å². The van der Waals surface area contributed by atoms with Crippen LogP contribution in [0, 0.1) is 0 Å². The molecule has 0 saturated carbocycles. The quantitative estimate of drug-likeness (QED) is 0.725. The predicted molar refractivity (Wildman–Crippen MR) is 105 cm³/mol. The van der Waals surface area contributed by atoms with Crippen molar-refractivity contribution in [3.63, 3.8) is 0 Å². The van der Waals surface area contributed by atoms with E-state index in [1.807, 2.05) is 24.3 Å². The van der Waals surface area contributed by atoms with Crippen molar-refractivity contribution in [1.82, 2.24) is 0 Å². The SMILES string of the molecule is CC[C@@H](C)c1ccccc1NC(=O)COC(=O)c1cccc(NC(C)=O)c1.